The Morgan fingerprint density at radius 2 is 1.79 bits per heavy atom. The van der Waals surface area contributed by atoms with Crippen LogP contribution in [0.4, 0.5) is 0 Å². The van der Waals surface area contributed by atoms with E-state index in [1.165, 1.54) is 24.3 Å². The number of para-hydroxylation sites is 2. The summed E-state index contributed by atoms with van der Waals surface area (Å²) in [5, 5.41) is 8.64. The van der Waals surface area contributed by atoms with Crippen molar-refractivity contribution in [3.05, 3.63) is 77.6 Å². The summed E-state index contributed by atoms with van der Waals surface area (Å²) >= 11 is 0. The average molecular weight is 500 g/mol. The van der Waals surface area contributed by atoms with Crippen LogP contribution in [-0.2, 0) is 31.4 Å². The van der Waals surface area contributed by atoms with Crippen molar-refractivity contribution in [1.82, 2.24) is 13.9 Å². The van der Waals surface area contributed by atoms with E-state index < -0.39 is 33.4 Å². The first kappa shape index (κ1) is 23.6. The van der Waals surface area contributed by atoms with Crippen LogP contribution in [0.15, 0.2) is 70.8 Å². The van der Waals surface area contributed by atoms with Crippen LogP contribution in [0.5, 0.6) is 5.75 Å². The monoisotopic (exact) mass is 499 g/mol. The van der Waals surface area contributed by atoms with E-state index >= 15 is 0 Å². The zero-order valence-electron chi connectivity index (χ0n) is 18.3. The van der Waals surface area contributed by atoms with Crippen molar-refractivity contribution < 1.29 is 27.3 Å². The second kappa shape index (κ2) is 9.35. The van der Waals surface area contributed by atoms with E-state index in [-0.39, 0.29) is 21.6 Å². The molecular formula is C23H21N3O6S2. The molecule has 4 rings (SSSR count). The second-order valence-corrected chi connectivity index (χ2v) is 10.6. The lowest BCUT2D eigenvalue weighted by atomic mass is 10.1. The summed E-state index contributed by atoms with van der Waals surface area (Å²) in [5.74, 6) is -0.928. The van der Waals surface area contributed by atoms with E-state index in [1.807, 2.05) is 19.9 Å². The van der Waals surface area contributed by atoms with Crippen molar-refractivity contribution in [1.29, 1.82) is 0 Å². The Hall–Kier alpha value is -3.57. The van der Waals surface area contributed by atoms with Gasteiger partial charge in [0.15, 0.2) is 6.61 Å². The molecule has 0 radical (unpaired) electrons. The smallest absolute Gasteiger partial charge is 0.341 e. The van der Waals surface area contributed by atoms with Gasteiger partial charge in [0.2, 0.25) is 5.16 Å². The van der Waals surface area contributed by atoms with Gasteiger partial charge >= 0.3 is 5.97 Å². The maximum atomic E-state index is 13.6. The summed E-state index contributed by atoms with van der Waals surface area (Å²) in [5.41, 5.74) is 3.18. The molecule has 34 heavy (non-hydrogen) atoms. The molecule has 0 saturated heterocycles. The number of imidazole rings is 1. The first-order chi connectivity index (χ1) is 16.2. The number of carboxylic acid groups (broad SMARTS) is 1. The molecule has 11 heteroatoms. The largest absolute Gasteiger partial charge is 0.482 e. The third-order valence-corrected chi connectivity index (χ3v) is 8.32. The van der Waals surface area contributed by atoms with E-state index in [4.69, 9.17) is 9.84 Å². The first-order valence-corrected chi connectivity index (χ1v) is 12.9. The molecule has 0 aliphatic heterocycles. The van der Waals surface area contributed by atoms with Gasteiger partial charge in [-0.2, -0.15) is 0 Å². The Labute approximate surface area is 198 Å². The molecule has 0 bridgehead atoms. The molecule has 2 aromatic heterocycles. The van der Waals surface area contributed by atoms with E-state index in [0.29, 0.717) is 16.7 Å². The first-order valence-electron chi connectivity index (χ1n) is 10.2. The summed E-state index contributed by atoms with van der Waals surface area (Å²) in [6.07, 6.45) is 1.63. The molecule has 1 unspecified atom stereocenters. The van der Waals surface area contributed by atoms with Gasteiger partial charge in [0.1, 0.15) is 5.75 Å². The highest BCUT2D eigenvalue weighted by atomic mass is 32.2. The second-order valence-electron chi connectivity index (χ2n) is 7.50. The minimum Gasteiger partial charge on any atom is -0.482 e. The summed E-state index contributed by atoms with van der Waals surface area (Å²) in [7, 11) is -6.00. The lowest BCUT2D eigenvalue weighted by molar-refractivity contribution is -0.139. The van der Waals surface area contributed by atoms with Gasteiger partial charge in [-0.15, -0.1) is 0 Å². The highest BCUT2D eigenvalue weighted by molar-refractivity contribution is 7.91. The highest BCUT2D eigenvalue weighted by Gasteiger charge is 2.28. The number of carbonyl (C=O) groups is 1. The van der Waals surface area contributed by atoms with E-state index in [1.54, 1.807) is 30.5 Å². The number of carboxylic acids is 1. The van der Waals surface area contributed by atoms with Gasteiger partial charge in [-0.25, -0.2) is 22.2 Å². The standard InChI is InChI=1S/C23H21N3O6S2/c1-15-11-12-24-20(16(15)2)14-33(29)23-25-19-5-3-4-6-21(19)26(23)34(30,31)18-9-7-17(8-10-18)32-13-22(27)28/h3-12H,13-14H2,1-2H3,(H,27,28). The summed E-state index contributed by atoms with van der Waals surface area (Å²) < 4.78 is 46.7. The highest BCUT2D eigenvalue weighted by Crippen LogP contribution is 2.27. The molecule has 1 N–H and O–H groups in total. The molecule has 176 valence electrons. The summed E-state index contributed by atoms with van der Waals surface area (Å²) in [4.78, 5) is 19.3. The summed E-state index contributed by atoms with van der Waals surface area (Å²) in [6, 6.07) is 13.9. The fraction of sp³-hybridized carbons (Fsp3) is 0.174. The number of nitrogens with zero attached hydrogens (tertiary/aromatic N) is 3. The van der Waals surface area contributed by atoms with E-state index in [0.717, 1.165) is 15.1 Å². The van der Waals surface area contributed by atoms with Crippen molar-refractivity contribution in [3.8, 4) is 5.75 Å². The van der Waals surface area contributed by atoms with Gasteiger partial charge in [-0.05, 0) is 67.4 Å². The number of pyridine rings is 1. The SMILES string of the molecule is Cc1ccnc(CS(=O)c2nc3ccccc3n2S(=O)(=O)c2ccc(OCC(=O)O)cc2)c1C. The minimum atomic E-state index is -4.19. The molecule has 0 saturated carbocycles. The number of fused-ring (bicyclic) bond motifs is 1. The van der Waals surface area contributed by atoms with E-state index in [2.05, 4.69) is 9.97 Å². The Morgan fingerprint density at radius 1 is 1.09 bits per heavy atom. The van der Waals surface area contributed by atoms with Crippen LogP contribution in [0.1, 0.15) is 16.8 Å². The Balaban J connectivity index is 1.77. The zero-order chi connectivity index (χ0) is 24.5. The van der Waals surface area contributed by atoms with Crippen LogP contribution in [0.2, 0.25) is 0 Å². The molecule has 2 heterocycles. The number of ether oxygens (including phenoxy) is 1. The third kappa shape index (κ3) is 4.57. The van der Waals surface area contributed by atoms with Crippen molar-refractivity contribution in [2.75, 3.05) is 6.61 Å². The number of aromatic nitrogens is 3. The quantitative estimate of drug-likeness (QED) is 0.392. The van der Waals surface area contributed by atoms with Crippen LogP contribution in [0.3, 0.4) is 0 Å². The average Bonchev–Trinajstić information content (AvgIpc) is 3.21. The number of aryl methyl sites for hydroxylation is 1. The molecule has 2 aromatic carbocycles. The van der Waals surface area contributed by atoms with Crippen LogP contribution in [-0.4, -0.2) is 44.2 Å². The Morgan fingerprint density at radius 3 is 2.50 bits per heavy atom. The Kier molecular flexibility index (Phi) is 6.49. The lowest BCUT2D eigenvalue weighted by Gasteiger charge is -2.12. The molecule has 9 nitrogen and oxygen atoms in total. The van der Waals surface area contributed by atoms with Gasteiger partial charge in [0.05, 0.1) is 38.2 Å². The normalized spacial score (nSPS) is 12.5. The fourth-order valence-corrected chi connectivity index (χ4v) is 6.38. The molecule has 0 spiro atoms. The van der Waals surface area contributed by atoms with Gasteiger partial charge < -0.3 is 9.84 Å². The van der Waals surface area contributed by atoms with Gasteiger partial charge in [0, 0.05) is 6.20 Å². The van der Waals surface area contributed by atoms with Crippen LogP contribution < -0.4 is 4.74 Å². The third-order valence-electron chi connectivity index (χ3n) is 5.27. The fourth-order valence-electron chi connectivity index (χ4n) is 3.34. The Bertz CT molecular complexity index is 1510. The molecule has 0 fully saturated rings. The molecule has 4 aromatic rings. The van der Waals surface area contributed by atoms with Gasteiger partial charge in [0.25, 0.3) is 10.0 Å². The van der Waals surface area contributed by atoms with Crippen molar-refractivity contribution in [2.45, 2.75) is 29.7 Å². The van der Waals surface area contributed by atoms with Crippen LogP contribution >= 0.6 is 0 Å². The van der Waals surface area contributed by atoms with Crippen LogP contribution in [0.25, 0.3) is 11.0 Å². The summed E-state index contributed by atoms with van der Waals surface area (Å²) in [6.45, 7) is 3.25. The minimum absolute atomic E-state index is 0.00826. The predicted molar refractivity (Wildman–Crippen MR) is 126 cm³/mol. The zero-order valence-corrected chi connectivity index (χ0v) is 20.0. The molecule has 0 amide bonds. The van der Waals surface area contributed by atoms with E-state index in [9.17, 15) is 17.4 Å². The number of hydrogen-bond donors (Lipinski definition) is 1. The number of aliphatic carboxylic acids is 1. The topological polar surface area (TPSA) is 128 Å². The maximum Gasteiger partial charge on any atom is 0.341 e. The number of hydrogen-bond acceptors (Lipinski definition) is 7. The maximum absolute atomic E-state index is 13.6. The molecular weight excluding hydrogens is 478 g/mol. The lowest BCUT2D eigenvalue weighted by Crippen LogP contribution is -2.18. The molecule has 1 atom stereocenters. The van der Waals surface area contributed by atoms with Gasteiger partial charge in [-0.1, -0.05) is 12.1 Å². The van der Waals surface area contributed by atoms with Crippen molar-refractivity contribution in [2.24, 2.45) is 0 Å². The van der Waals surface area contributed by atoms with Gasteiger partial charge in [-0.3, -0.25) is 9.19 Å². The van der Waals surface area contributed by atoms with Crippen molar-refractivity contribution in [3.63, 3.8) is 0 Å². The predicted octanol–water partition coefficient (Wildman–Crippen LogP) is 3.06. The molecule has 0 aliphatic carbocycles. The van der Waals surface area contributed by atoms with Crippen molar-refractivity contribution >= 4 is 37.8 Å². The number of rotatable bonds is 8. The number of benzene rings is 2. The molecule has 0 aliphatic rings. The van der Waals surface area contributed by atoms with Crippen LogP contribution in [0, 0.1) is 13.8 Å².